The van der Waals surface area contributed by atoms with Crippen LogP contribution in [0.3, 0.4) is 0 Å². The van der Waals surface area contributed by atoms with Gasteiger partial charge < -0.3 is 14.6 Å². The van der Waals surface area contributed by atoms with Gasteiger partial charge in [0.25, 0.3) is 5.91 Å². The zero-order valence-electron chi connectivity index (χ0n) is 19.8. The molecule has 1 aliphatic rings. The number of rotatable bonds is 6. The van der Waals surface area contributed by atoms with Gasteiger partial charge in [0.15, 0.2) is 0 Å². The van der Waals surface area contributed by atoms with Crippen LogP contribution in [0, 0.1) is 6.92 Å². The highest BCUT2D eigenvalue weighted by molar-refractivity contribution is 6.04. The first-order chi connectivity index (χ1) is 17.0. The molecule has 0 radical (unpaired) electrons. The Bertz CT molecular complexity index is 1320. The zero-order valence-corrected chi connectivity index (χ0v) is 19.8. The summed E-state index contributed by atoms with van der Waals surface area (Å²) in [6.45, 7) is 3.25. The first-order valence-corrected chi connectivity index (χ1v) is 12.0. The van der Waals surface area contributed by atoms with Crippen LogP contribution in [0.2, 0.25) is 0 Å². The lowest BCUT2D eigenvalue weighted by molar-refractivity contribution is -0.132. The van der Waals surface area contributed by atoms with Gasteiger partial charge in [0.05, 0.1) is 0 Å². The van der Waals surface area contributed by atoms with Gasteiger partial charge in [0.2, 0.25) is 5.91 Å². The predicted molar refractivity (Wildman–Crippen MR) is 137 cm³/mol. The second-order valence-electron chi connectivity index (χ2n) is 9.01. The van der Waals surface area contributed by atoms with E-state index in [-0.39, 0.29) is 11.8 Å². The minimum absolute atomic E-state index is 0.136. The molecule has 5 rings (SSSR count). The number of aryl methyl sites for hydroxylation is 2. The van der Waals surface area contributed by atoms with Crippen LogP contribution in [-0.4, -0.2) is 23.3 Å². The molecule has 0 saturated carbocycles. The molecule has 0 bridgehead atoms. The molecule has 0 spiro atoms. The van der Waals surface area contributed by atoms with E-state index >= 15 is 0 Å². The average Bonchev–Trinajstić information content (AvgIpc) is 3.32. The fraction of sp³-hybridized carbons (Fsp3) is 0.200. The summed E-state index contributed by atoms with van der Waals surface area (Å²) in [7, 11) is 0. The van der Waals surface area contributed by atoms with Crippen LogP contribution in [0.5, 0.6) is 0 Å². The molecule has 176 valence electrons. The molecule has 0 atom stereocenters. The molecule has 1 aromatic heterocycles. The van der Waals surface area contributed by atoms with Crippen LogP contribution in [-0.2, 0) is 24.2 Å². The van der Waals surface area contributed by atoms with Crippen molar-refractivity contribution >= 4 is 17.5 Å². The van der Waals surface area contributed by atoms with Crippen LogP contribution in [0.25, 0.3) is 11.3 Å². The third kappa shape index (κ3) is 5.35. The number of fused-ring (bicyclic) bond motifs is 1. The van der Waals surface area contributed by atoms with Crippen molar-refractivity contribution in [3.05, 3.63) is 113 Å². The molecule has 5 heteroatoms. The molecule has 0 aliphatic carbocycles. The van der Waals surface area contributed by atoms with Gasteiger partial charge in [-0.25, -0.2) is 0 Å². The van der Waals surface area contributed by atoms with E-state index in [2.05, 4.69) is 17.4 Å². The molecule has 2 amide bonds. The summed E-state index contributed by atoms with van der Waals surface area (Å²) in [5.74, 6) is 1.77. The average molecular weight is 465 g/mol. The molecule has 0 fully saturated rings. The van der Waals surface area contributed by atoms with Crippen LogP contribution in [0.4, 0.5) is 5.69 Å². The van der Waals surface area contributed by atoms with Crippen molar-refractivity contribution in [2.75, 3.05) is 11.9 Å². The Morgan fingerprint density at radius 3 is 2.43 bits per heavy atom. The normalized spacial score (nSPS) is 12.8. The maximum atomic E-state index is 12.8. The second kappa shape index (κ2) is 10.0. The molecule has 2 heterocycles. The molecule has 35 heavy (non-hydrogen) atoms. The third-order valence-corrected chi connectivity index (χ3v) is 6.43. The SMILES string of the molecule is Cc1ccc(C(=O)Nc2ccc(-c3cc4c(o3)CCN(C(=O)CCc3ccccc3)C4)cc2)cc1. The van der Waals surface area contributed by atoms with Gasteiger partial charge in [-0.2, -0.15) is 0 Å². The molecule has 5 nitrogen and oxygen atoms in total. The third-order valence-electron chi connectivity index (χ3n) is 6.43. The lowest BCUT2D eigenvalue weighted by atomic mass is 10.1. The van der Waals surface area contributed by atoms with Gasteiger partial charge in [0, 0.05) is 48.3 Å². The molecular weight excluding hydrogens is 436 g/mol. The minimum atomic E-state index is -0.136. The van der Waals surface area contributed by atoms with Gasteiger partial charge in [-0.3, -0.25) is 9.59 Å². The Kier molecular flexibility index (Phi) is 6.49. The number of benzene rings is 3. The highest BCUT2D eigenvalue weighted by Crippen LogP contribution is 2.30. The van der Waals surface area contributed by atoms with Gasteiger partial charge in [-0.1, -0.05) is 48.0 Å². The number of hydrogen-bond donors (Lipinski definition) is 1. The summed E-state index contributed by atoms with van der Waals surface area (Å²) in [5, 5.41) is 2.93. The number of carbonyl (C=O) groups is 2. The molecule has 0 unspecified atom stereocenters. The fourth-order valence-electron chi connectivity index (χ4n) is 4.37. The number of anilines is 1. The van der Waals surface area contributed by atoms with E-state index in [1.54, 1.807) is 0 Å². The summed E-state index contributed by atoms with van der Waals surface area (Å²) >= 11 is 0. The zero-order chi connectivity index (χ0) is 24.2. The van der Waals surface area contributed by atoms with E-state index in [1.165, 1.54) is 5.56 Å². The van der Waals surface area contributed by atoms with Gasteiger partial charge in [-0.05, 0) is 61.4 Å². The van der Waals surface area contributed by atoms with Gasteiger partial charge >= 0.3 is 0 Å². The molecule has 4 aromatic rings. The Morgan fingerprint density at radius 2 is 1.69 bits per heavy atom. The van der Waals surface area contributed by atoms with Crippen molar-refractivity contribution in [2.24, 2.45) is 0 Å². The van der Waals surface area contributed by atoms with Crippen LogP contribution in [0.15, 0.2) is 89.3 Å². The standard InChI is InChI=1S/C30H28N2O3/c1-21-7-10-24(11-8-21)30(34)31-26-14-12-23(13-15-26)28-19-25-20-32(18-17-27(25)35-28)29(33)16-9-22-5-3-2-4-6-22/h2-8,10-15,19H,9,16-18,20H2,1H3,(H,31,34). The van der Waals surface area contributed by atoms with Gasteiger partial charge in [0.1, 0.15) is 11.5 Å². The molecule has 1 aliphatic heterocycles. The summed E-state index contributed by atoms with van der Waals surface area (Å²) in [6.07, 6.45) is 1.99. The number of amides is 2. The smallest absolute Gasteiger partial charge is 0.255 e. The van der Waals surface area contributed by atoms with Crippen LogP contribution >= 0.6 is 0 Å². The minimum Gasteiger partial charge on any atom is -0.461 e. The number of nitrogens with zero attached hydrogens (tertiary/aromatic N) is 1. The molecular formula is C30H28N2O3. The number of hydrogen-bond acceptors (Lipinski definition) is 3. The van der Waals surface area contributed by atoms with Gasteiger partial charge in [-0.15, -0.1) is 0 Å². The second-order valence-corrected chi connectivity index (χ2v) is 9.01. The van der Waals surface area contributed by atoms with Crippen LogP contribution in [0.1, 0.15) is 39.2 Å². The Labute approximate surface area is 205 Å². The maximum absolute atomic E-state index is 12.8. The summed E-state index contributed by atoms with van der Waals surface area (Å²) in [5.41, 5.74) is 5.66. The highest BCUT2D eigenvalue weighted by atomic mass is 16.3. The number of carbonyl (C=O) groups excluding carboxylic acids is 2. The number of nitrogens with one attached hydrogen (secondary N) is 1. The first-order valence-electron chi connectivity index (χ1n) is 12.0. The van der Waals surface area contributed by atoms with Crippen molar-refractivity contribution in [1.82, 2.24) is 4.90 Å². The van der Waals surface area contributed by atoms with Crippen molar-refractivity contribution in [3.8, 4) is 11.3 Å². The Morgan fingerprint density at radius 1 is 0.943 bits per heavy atom. The van der Waals surface area contributed by atoms with Crippen molar-refractivity contribution in [3.63, 3.8) is 0 Å². The van der Waals surface area contributed by atoms with Crippen molar-refractivity contribution < 1.29 is 14.0 Å². The van der Waals surface area contributed by atoms with E-state index < -0.39 is 0 Å². The quantitative estimate of drug-likeness (QED) is 0.379. The predicted octanol–water partition coefficient (Wildman–Crippen LogP) is 6.02. The summed E-state index contributed by atoms with van der Waals surface area (Å²) < 4.78 is 6.13. The largest absolute Gasteiger partial charge is 0.461 e. The topological polar surface area (TPSA) is 62.6 Å². The Hall–Kier alpha value is -4.12. The summed E-state index contributed by atoms with van der Waals surface area (Å²) in [4.78, 5) is 27.2. The van der Waals surface area contributed by atoms with E-state index in [0.29, 0.717) is 25.1 Å². The van der Waals surface area contributed by atoms with E-state index in [1.807, 2.05) is 84.6 Å². The monoisotopic (exact) mass is 464 g/mol. The lowest BCUT2D eigenvalue weighted by Crippen LogP contribution is -2.35. The molecule has 3 aromatic carbocycles. The molecule has 0 saturated heterocycles. The highest BCUT2D eigenvalue weighted by Gasteiger charge is 2.24. The fourth-order valence-corrected chi connectivity index (χ4v) is 4.37. The lowest BCUT2D eigenvalue weighted by Gasteiger charge is -2.26. The Balaban J connectivity index is 1.21. The van der Waals surface area contributed by atoms with E-state index in [0.717, 1.165) is 46.7 Å². The molecule has 1 N–H and O–H groups in total. The van der Waals surface area contributed by atoms with E-state index in [4.69, 9.17) is 4.42 Å². The van der Waals surface area contributed by atoms with Crippen molar-refractivity contribution in [1.29, 1.82) is 0 Å². The van der Waals surface area contributed by atoms with E-state index in [9.17, 15) is 9.59 Å². The summed E-state index contributed by atoms with van der Waals surface area (Å²) in [6, 6.07) is 27.3. The number of furan rings is 1. The van der Waals surface area contributed by atoms with Crippen molar-refractivity contribution in [2.45, 2.75) is 32.7 Å². The first kappa shape index (κ1) is 22.7. The van der Waals surface area contributed by atoms with Crippen LogP contribution < -0.4 is 5.32 Å². The maximum Gasteiger partial charge on any atom is 0.255 e.